The number of rotatable bonds is 7. The van der Waals surface area contributed by atoms with E-state index in [-0.39, 0.29) is 24.7 Å². The maximum absolute atomic E-state index is 12.8. The zero-order valence-electron chi connectivity index (χ0n) is 17.4. The van der Waals surface area contributed by atoms with Crippen LogP contribution in [0.25, 0.3) is 0 Å². The minimum absolute atomic E-state index is 0.0916. The molecule has 2 aromatic heterocycles. The van der Waals surface area contributed by atoms with Crippen LogP contribution in [0, 0.1) is 5.92 Å². The van der Waals surface area contributed by atoms with E-state index in [0.717, 1.165) is 6.20 Å². The summed E-state index contributed by atoms with van der Waals surface area (Å²) in [5.41, 5.74) is -0.931. The Hall–Kier alpha value is -2.77. The minimum Gasteiger partial charge on any atom is -0.388 e. The van der Waals surface area contributed by atoms with Gasteiger partial charge in [-0.05, 0) is 5.92 Å². The number of aliphatic hydroxyl groups is 2. The number of carbonyl (C=O) groups excluding carboxylic acids is 1. The summed E-state index contributed by atoms with van der Waals surface area (Å²) >= 11 is 0. The molecule has 2 aromatic rings. The van der Waals surface area contributed by atoms with E-state index in [0.29, 0.717) is 24.4 Å². The maximum atomic E-state index is 12.8. The lowest BCUT2D eigenvalue weighted by Crippen LogP contribution is -2.58. The highest BCUT2D eigenvalue weighted by Crippen LogP contribution is 2.28. The van der Waals surface area contributed by atoms with Crippen molar-refractivity contribution in [1.82, 2.24) is 25.3 Å². The Kier molecular flexibility index (Phi) is 7.31. The number of hydrogen-bond acceptors (Lipinski definition) is 8. The van der Waals surface area contributed by atoms with E-state index < -0.39 is 42.1 Å². The number of carbonyl (C=O) groups is 1. The van der Waals surface area contributed by atoms with E-state index in [1.165, 1.54) is 6.20 Å². The number of H-pyrrole nitrogens is 1. The van der Waals surface area contributed by atoms with Crippen molar-refractivity contribution < 1.29 is 32.9 Å². The first-order chi connectivity index (χ1) is 15.0. The van der Waals surface area contributed by atoms with Crippen molar-refractivity contribution in [2.24, 2.45) is 5.92 Å². The maximum Gasteiger partial charge on any atom is 0.434 e. The monoisotopic (exact) mass is 458 g/mol. The number of ether oxygens (including phenoxy) is 1. The average Bonchev–Trinajstić information content (AvgIpc) is 3.18. The number of halogens is 3. The second-order valence-electron chi connectivity index (χ2n) is 7.94. The fourth-order valence-corrected chi connectivity index (χ4v) is 3.21. The van der Waals surface area contributed by atoms with Gasteiger partial charge in [0.1, 0.15) is 35.6 Å². The molecule has 32 heavy (non-hydrogen) atoms. The summed E-state index contributed by atoms with van der Waals surface area (Å²) in [6.07, 6.45) is -4.62. The number of nitrogens with zero attached hydrogens (tertiary/aromatic N) is 3. The van der Waals surface area contributed by atoms with Crippen molar-refractivity contribution in [3.05, 3.63) is 35.8 Å². The third-order valence-corrected chi connectivity index (χ3v) is 4.83. The minimum atomic E-state index is -4.67. The van der Waals surface area contributed by atoms with Gasteiger partial charge in [-0.2, -0.15) is 13.2 Å². The van der Waals surface area contributed by atoms with Crippen molar-refractivity contribution >= 4 is 11.7 Å². The lowest BCUT2D eigenvalue weighted by molar-refractivity contribution is -0.141. The number of amides is 1. The molecular weight excluding hydrogens is 433 g/mol. The number of hydrogen-bond donors (Lipinski definition) is 5. The molecule has 0 aromatic carbocycles. The van der Waals surface area contributed by atoms with Crippen molar-refractivity contribution in [2.75, 3.05) is 18.5 Å². The first kappa shape index (κ1) is 23.9. The van der Waals surface area contributed by atoms with E-state index in [1.807, 2.05) is 13.8 Å². The van der Waals surface area contributed by atoms with Crippen LogP contribution in [0.2, 0.25) is 0 Å². The van der Waals surface area contributed by atoms with Gasteiger partial charge in [0.25, 0.3) is 5.91 Å². The predicted octanol–water partition coefficient (Wildman–Crippen LogP) is 0.748. The molecule has 1 aliphatic heterocycles. The first-order valence-electron chi connectivity index (χ1n) is 10.00. The zero-order valence-corrected chi connectivity index (χ0v) is 17.4. The van der Waals surface area contributed by atoms with Gasteiger partial charge in [0.05, 0.1) is 31.2 Å². The van der Waals surface area contributed by atoms with E-state index >= 15 is 0 Å². The number of anilines is 1. The van der Waals surface area contributed by atoms with E-state index in [1.54, 1.807) is 0 Å². The molecule has 0 spiro atoms. The quantitative estimate of drug-likeness (QED) is 0.409. The van der Waals surface area contributed by atoms with Crippen LogP contribution in [-0.4, -0.2) is 73.6 Å². The Morgan fingerprint density at radius 3 is 2.72 bits per heavy atom. The standard InChI is InChI=1S/C19H25F3N6O4/c1-9(2)3-14-24-4-10(26-14)18(31)25-5-12-17(30)16(29)11(8-32-12)27-15-7-23-6-13(28-15)19(20,21)22/h4,6-7,9,11-12,16-17,29-30H,3,5,8H2,1-2H3,(H,24,26)(H,25,31)(H,27,28)/t11-,12+,16+,17-/m0/s1. The summed E-state index contributed by atoms with van der Waals surface area (Å²) in [4.78, 5) is 26.3. The fourth-order valence-electron chi connectivity index (χ4n) is 3.21. The fraction of sp³-hybridized carbons (Fsp3) is 0.579. The van der Waals surface area contributed by atoms with Gasteiger partial charge < -0.3 is 30.6 Å². The Bertz CT molecular complexity index is 922. The van der Waals surface area contributed by atoms with Crippen molar-refractivity contribution in [3.63, 3.8) is 0 Å². The number of aromatic amines is 1. The largest absolute Gasteiger partial charge is 0.434 e. The molecule has 0 bridgehead atoms. The number of aromatic nitrogens is 4. The number of alkyl halides is 3. The molecule has 0 aliphatic carbocycles. The summed E-state index contributed by atoms with van der Waals surface area (Å²) < 4.78 is 43.8. The van der Waals surface area contributed by atoms with Gasteiger partial charge in [-0.3, -0.25) is 9.78 Å². The molecule has 4 atom stereocenters. The molecule has 0 saturated carbocycles. The van der Waals surface area contributed by atoms with E-state index in [4.69, 9.17) is 4.74 Å². The van der Waals surface area contributed by atoms with Crippen LogP contribution in [0.1, 0.15) is 35.9 Å². The van der Waals surface area contributed by atoms with E-state index in [2.05, 4.69) is 30.6 Å². The lowest BCUT2D eigenvalue weighted by Gasteiger charge is -2.38. The highest BCUT2D eigenvalue weighted by atomic mass is 19.4. The topological polar surface area (TPSA) is 145 Å². The molecule has 0 radical (unpaired) electrons. The van der Waals surface area contributed by atoms with Crippen molar-refractivity contribution in [2.45, 2.75) is 50.8 Å². The van der Waals surface area contributed by atoms with Crippen LogP contribution in [0.5, 0.6) is 0 Å². The van der Waals surface area contributed by atoms with Crippen LogP contribution in [0.15, 0.2) is 18.6 Å². The van der Waals surface area contributed by atoms with Crippen LogP contribution < -0.4 is 10.6 Å². The molecule has 3 heterocycles. The highest BCUT2D eigenvalue weighted by molar-refractivity contribution is 5.92. The Morgan fingerprint density at radius 1 is 1.28 bits per heavy atom. The Labute approximate surface area is 181 Å². The average molecular weight is 458 g/mol. The molecule has 1 aliphatic rings. The molecule has 3 rings (SSSR count). The van der Waals surface area contributed by atoms with Crippen LogP contribution in [-0.2, 0) is 17.3 Å². The number of aliphatic hydroxyl groups excluding tert-OH is 2. The summed E-state index contributed by atoms with van der Waals surface area (Å²) in [6.45, 7) is 3.82. The normalized spacial score (nSPS) is 23.9. The van der Waals surface area contributed by atoms with Gasteiger partial charge >= 0.3 is 6.18 Å². The molecule has 10 nitrogen and oxygen atoms in total. The van der Waals surface area contributed by atoms with Crippen LogP contribution in [0.4, 0.5) is 19.0 Å². The third-order valence-electron chi connectivity index (χ3n) is 4.83. The van der Waals surface area contributed by atoms with Gasteiger partial charge in [0.2, 0.25) is 0 Å². The molecule has 13 heteroatoms. The van der Waals surface area contributed by atoms with E-state index in [9.17, 15) is 28.2 Å². The van der Waals surface area contributed by atoms with Gasteiger partial charge in [-0.1, -0.05) is 13.8 Å². The number of imidazole rings is 1. The molecule has 0 unspecified atom stereocenters. The molecule has 1 amide bonds. The molecule has 176 valence electrons. The Balaban J connectivity index is 1.53. The summed E-state index contributed by atoms with van der Waals surface area (Å²) in [7, 11) is 0. The van der Waals surface area contributed by atoms with Gasteiger partial charge in [-0.25, -0.2) is 9.97 Å². The molecular formula is C19H25F3N6O4. The first-order valence-corrected chi connectivity index (χ1v) is 10.00. The van der Waals surface area contributed by atoms with Gasteiger partial charge in [-0.15, -0.1) is 0 Å². The molecule has 1 fully saturated rings. The Morgan fingerprint density at radius 2 is 2.03 bits per heavy atom. The van der Waals surface area contributed by atoms with Crippen LogP contribution >= 0.6 is 0 Å². The molecule has 5 N–H and O–H groups in total. The van der Waals surface area contributed by atoms with Crippen molar-refractivity contribution in [3.8, 4) is 0 Å². The van der Waals surface area contributed by atoms with Gasteiger partial charge in [0.15, 0.2) is 5.69 Å². The second-order valence-corrected chi connectivity index (χ2v) is 7.94. The second kappa shape index (κ2) is 9.79. The smallest absolute Gasteiger partial charge is 0.388 e. The lowest BCUT2D eigenvalue weighted by atomic mass is 9.98. The number of nitrogens with one attached hydrogen (secondary N) is 3. The van der Waals surface area contributed by atoms with Crippen LogP contribution in [0.3, 0.4) is 0 Å². The summed E-state index contributed by atoms with van der Waals surface area (Å²) in [5, 5.41) is 25.9. The van der Waals surface area contributed by atoms with Crippen molar-refractivity contribution in [1.29, 1.82) is 0 Å². The third kappa shape index (κ3) is 5.93. The predicted molar refractivity (Wildman–Crippen MR) is 106 cm³/mol. The zero-order chi connectivity index (χ0) is 23.5. The summed E-state index contributed by atoms with van der Waals surface area (Å²) in [5.74, 6) is 0.383. The summed E-state index contributed by atoms with van der Waals surface area (Å²) in [6, 6.07) is -0.930. The highest BCUT2D eigenvalue weighted by Gasteiger charge is 2.39. The SMILES string of the molecule is CC(C)Cc1ncc(C(=O)NC[C@H]2OC[C@H](Nc3cncc(C(F)(F)F)n3)[C@@H](O)[C@H]2O)[nH]1. The van der Waals surface area contributed by atoms with Gasteiger partial charge in [0, 0.05) is 13.0 Å². The molecule has 1 saturated heterocycles.